The van der Waals surface area contributed by atoms with E-state index in [1.165, 1.54) is 28.4 Å². The number of carbonyl (C=O) groups is 2. The maximum Gasteiger partial charge on any atom is 0.317 e. The van der Waals surface area contributed by atoms with Crippen LogP contribution in [0, 0.1) is 11.2 Å². The van der Waals surface area contributed by atoms with Gasteiger partial charge < -0.3 is 15.1 Å². The minimum atomic E-state index is -3.41. The van der Waals surface area contributed by atoms with Crippen molar-refractivity contribution in [3.8, 4) is 0 Å². The van der Waals surface area contributed by atoms with Crippen LogP contribution in [0.15, 0.2) is 24.3 Å². The molecule has 0 aromatic heterocycles. The van der Waals surface area contributed by atoms with Crippen LogP contribution in [-0.4, -0.2) is 80.5 Å². The van der Waals surface area contributed by atoms with E-state index >= 15 is 0 Å². The topological polar surface area (TPSA) is 90.0 Å². The van der Waals surface area contributed by atoms with Gasteiger partial charge in [0.25, 0.3) is 0 Å². The first-order valence-corrected chi connectivity index (χ1v) is 11.1. The van der Waals surface area contributed by atoms with Gasteiger partial charge in [-0.15, -0.1) is 0 Å². The number of carbonyl (C=O) groups excluding carboxylic acids is 2. The van der Waals surface area contributed by atoms with Crippen LogP contribution in [0.1, 0.15) is 18.4 Å². The van der Waals surface area contributed by atoms with Crippen molar-refractivity contribution in [1.82, 2.24) is 19.4 Å². The Kier molecular flexibility index (Phi) is 5.86. The Morgan fingerprint density at radius 2 is 2.07 bits per heavy atom. The van der Waals surface area contributed by atoms with E-state index < -0.39 is 21.5 Å². The summed E-state index contributed by atoms with van der Waals surface area (Å²) in [6.07, 6.45) is 0.553. The lowest BCUT2D eigenvalue weighted by Gasteiger charge is -2.53. The second-order valence-corrected chi connectivity index (χ2v) is 10.1. The standard InChI is InChI=1S/C19H27FN4O4S/c1-22(2)17(25)19-8-10-29(27,28)23(3)16(19)7-9-24(13-19)18(26)21-12-14-5-4-6-15(20)11-14/h4-6,11,16H,7-10,12-13H2,1-3H3,(H,21,26)/t16-,19+/m1/s1. The third-order valence-electron chi connectivity index (χ3n) is 5.92. The number of piperidine rings is 1. The highest BCUT2D eigenvalue weighted by Gasteiger charge is 2.57. The summed E-state index contributed by atoms with van der Waals surface area (Å²) in [5, 5.41) is 2.77. The molecule has 0 aliphatic carbocycles. The van der Waals surface area contributed by atoms with Crippen molar-refractivity contribution in [2.45, 2.75) is 25.4 Å². The molecule has 2 saturated heterocycles. The molecule has 2 atom stereocenters. The highest BCUT2D eigenvalue weighted by Crippen LogP contribution is 2.43. The van der Waals surface area contributed by atoms with Gasteiger partial charge in [0.1, 0.15) is 5.82 Å². The monoisotopic (exact) mass is 426 g/mol. The molecule has 29 heavy (non-hydrogen) atoms. The Labute approximate surface area is 170 Å². The molecule has 0 radical (unpaired) electrons. The summed E-state index contributed by atoms with van der Waals surface area (Å²) in [5.41, 5.74) is -0.339. The Balaban J connectivity index is 1.78. The Hall–Kier alpha value is -2.20. The van der Waals surface area contributed by atoms with E-state index in [-0.39, 0.29) is 43.0 Å². The molecule has 1 N–H and O–H groups in total. The number of nitrogens with zero attached hydrogens (tertiary/aromatic N) is 3. The van der Waals surface area contributed by atoms with Gasteiger partial charge in [-0.3, -0.25) is 4.79 Å². The smallest absolute Gasteiger partial charge is 0.317 e. The van der Waals surface area contributed by atoms with Crippen LogP contribution in [0.4, 0.5) is 9.18 Å². The molecule has 160 valence electrons. The zero-order valence-corrected chi connectivity index (χ0v) is 17.7. The number of halogens is 1. The van der Waals surface area contributed by atoms with E-state index in [0.29, 0.717) is 18.5 Å². The van der Waals surface area contributed by atoms with Gasteiger partial charge in [0.2, 0.25) is 15.9 Å². The summed E-state index contributed by atoms with van der Waals surface area (Å²) < 4.78 is 39.3. The molecule has 3 rings (SSSR count). The first-order valence-electron chi connectivity index (χ1n) is 9.51. The molecule has 0 spiro atoms. The fourth-order valence-electron chi connectivity index (χ4n) is 4.38. The lowest BCUT2D eigenvalue weighted by Crippen LogP contribution is -2.68. The zero-order chi connectivity index (χ0) is 21.4. The largest absolute Gasteiger partial charge is 0.348 e. The summed E-state index contributed by atoms with van der Waals surface area (Å²) in [6, 6.07) is 5.14. The second kappa shape index (κ2) is 7.91. The van der Waals surface area contributed by atoms with Crippen LogP contribution in [0.2, 0.25) is 0 Å². The van der Waals surface area contributed by atoms with Crippen molar-refractivity contribution in [2.24, 2.45) is 5.41 Å². The van der Waals surface area contributed by atoms with Crippen molar-refractivity contribution in [3.05, 3.63) is 35.6 Å². The molecule has 0 bridgehead atoms. The summed E-state index contributed by atoms with van der Waals surface area (Å²) in [6.45, 7) is 0.644. The normalized spacial score (nSPS) is 26.5. The molecule has 0 saturated carbocycles. The Morgan fingerprint density at radius 1 is 1.34 bits per heavy atom. The predicted molar refractivity (Wildman–Crippen MR) is 106 cm³/mol. The molecule has 0 unspecified atom stereocenters. The van der Waals surface area contributed by atoms with Gasteiger partial charge in [0.05, 0.1) is 11.2 Å². The number of likely N-dealkylation sites (tertiary alicyclic amines) is 1. The van der Waals surface area contributed by atoms with Crippen LogP contribution in [0.5, 0.6) is 0 Å². The number of rotatable bonds is 3. The van der Waals surface area contributed by atoms with Gasteiger partial charge in [0.15, 0.2) is 0 Å². The third-order valence-corrected chi connectivity index (χ3v) is 7.77. The molecule has 2 aliphatic heterocycles. The molecular formula is C19H27FN4O4S. The highest BCUT2D eigenvalue weighted by atomic mass is 32.2. The molecule has 2 heterocycles. The van der Waals surface area contributed by atoms with E-state index in [2.05, 4.69) is 5.32 Å². The van der Waals surface area contributed by atoms with E-state index in [9.17, 15) is 22.4 Å². The predicted octanol–water partition coefficient (Wildman–Crippen LogP) is 0.850. The minimum absolute atomic E-state index is 0.127. The van der Waals surface area contributed by atoms with Crippen molar-refractivity contribution in [1.29, 1.82) is 0 Å². The molecule has 3 amide bonds. The second-order valence-electron chi connectivity index (χ2n) is 7.95. The molecule has 2 aliphatic rings. The molecule has 1 aromatic rings. The number of nitrogens with one attached hydrogen (secondary N) is 1. The summed E-state index contributed by atoms with van der Waals surface area (Å²) in [5.74, 6) is -0.676. The van der Waals surface area contributed by atoms with Gasteiger partial charge in [0, 0.05) is 46.8 Å². The van der Waals surface area contributed by atoms with Crippen molar-refractivity contribution < 1.29 is 22.4 Å². The van der Waals surface area contributed by atoms with Gasteiger partial charge in [-0.1, -0.05) is 12.1 Å². The molecule has 8 nitrogen and oxygen atoms in total. The van der Waals surface area contributed by atoms with Crippen molar-refractivity contribution in [2.75, 3.05) is 40.0 Å². The number of amides is 3. The van der Waals surface area contributed by atoms with E-state index in [1.54, 1.807) is 31.1 Å². The van der Waals surface area contributed by atoms with E-state index in [0.717, 1.165) is 0 Å². The number of fused-ring (bicyclic) bond motifs is 1. The molecular weight excluding hydrogens is 399 g/mol. The Bertz CT molecular complexity index is 907. The zero-order valence-electron chi connectivity index (χ0n) is 16.9. The van der Waals surface area contributed by atoms with Gasteiger partial charge in [-0.2, -0.15) is 0 Å². The van der Waals surface area contributed by atoms with E-state index in [4.69, 9.17) is 0 Å². The first-order chi connectivity index (χ1) is 13.6. The number of hydrogen-bond donors (Lipinski definition) is 1. The summed E-state index contributed by atoms with van der Waals surface area (Å²) in [7, 11) is 1.38. The fraction of sp³-hybridized carbons (Fsp3) is 0.579. The number of sulfonamides is 1. The lowest BCUT2D eigenvalue weighted by atomic mass is 9.72. The summed E-state index contributed by atoms with van der Waals surface area (Å²) in [4.78, 5) is 28.9. The van der Waals surface area contributed by atoms with E-state index in [1.807, 2.05) is 0 Å². The molecule has 2 fully saturated rings. The average Bonchev–Trinajstić information content (AvgIpc) is 2.68. The molecule has 10 heteroatoms. The molecule has 1 aromatic carbocycles. The van der Waals surface area contributed by atoms with Crippen molar-refractivity contribution >= 4 is 22.0 Å². The average molecular weight is 427 g/mol. The van der Waals surface area contributed by atoms with Gasteiger partial charge in [-0.25, -0.2) is 21.9 Å². The van der Waals surface area contributed by atoms with Gasteiger partial charge >= 0.3 is 6.03 Å². The first kappa shape index (κ1) is 21.5. The maximum atomic E-state index is 13.3. The maximum absolute atomic E-state index is 13.3. The highest BCUT2D eigenvalue weighted by molar-refractivity contribution is 7.89. The van der Waals surface area contributed by atoms with Crippen LogP contribution in [0.3, 0.4) is 0 Å². The SMILES string of the molecule is CN(C)C(=O)[C@]12CCS(=O)(=O)N(C)[C@@H]1CCN(C(=O)NCc1cccc(F)c1)C2. The fourth-order valence-corrected chi connectivity index (χ4v) is 5.98. The summed E-state index contributed by atoms with van der Waals surface area (Å²) >= 11 is 0. The van der Waals surface area contributed by atoms with Crippen molar-refractivity contribution in [3.63, 3.8) is 0 Å². The Morgan fingerprint density at radius 3 is 2.72 bits per heavy atom. The van der Waals surface area contributed by atoms with Gasteiger partial charge in [-0.05, 0) is 30.5 Å². The quantitative estimate of drug-likeness (QED) is 0.776. The minimum Gasteiger partial charge on any atom is -0.348 e. The third kappa shape index (κ3) is 4.09. The lowest BCUT2D eigenvalue weighted by molar-refractivity contribution is -0.147. The van der Waals surface area contributed by atoms with Crippen LogP contribution in [0.25, 0.3) is 0 Å². The number of hydrogen-bond acceptors (Lipinski definition) is 4. The van der Waals surface area contributed by atoms with Crippen LogP contribution < -0.4 is 5.32 Å². The van der Waals surface area contributed by atoms with Crippen LogP contribution in [-0.2, 0) is 21.4 Å². The number of benzene rings is 1. The number of urea groups is 1. The van der Waals surface area contributed by atoms with Crippen LogP contribution >= 0.6 is 0 Å².